The lowest BCUT2D eigenvalue weighted by atomic mass is 10.0. The van der Waals surface area contributed by atoms with Gasteiger partial charge in [0.2, 0.25) is 0 Å². The lowest BCUT2D eigenvalue weighted by molar-refractivity contribution is 0.117. The molecule has 1 aromatic carbocycles. The van der Waals surface area contributed by atoms with E-state index in [9.17, 15) is 5.11 Å². The first-order valence-corrected chi connectivity index (χ1v) is 7.04. The summed E-state index contributed by atoms with van der Waals surface area (Å²) in [4.78, 5) is 2.18. The number of anilines is 1. The van der Waals surface area contributed by atoms with Crippen LogP contribution in [-0.4, -0.2) is 24.8 Å². The Hall–Kier alpha value is -1.02. The van der Waals surface area contributed by atoms with Gasteiger partial charge in [-0.05, 0) is 55.9 Å². The summed E-state index contributed by atoms with van der Waals surface area (Å²) in [5.41, 5.74) is 3.78. The standard InChI is InChI=1S/C16H25NO/c1-12-8-13(2)10-15(9-12)17(3)11-16(18)14-6-4-5-7-14/h8-10,14,16,18H,4-7,11H2,1-3H3. The number of likely N-dealkylation sites (N-methyl/N-ethyl adjacent to an activating group) is 1. The molecule has 0 saturated heterocycles. The predicted molar refractivity (Wildman–Crippen MR) is 77.2 cm³/mol. The lowest BCUT2D eigenvalue weighted by Gasteiger charge is -2.26. The molecule has 0 spiro atoms. The summed E-state index contributed by atoms with van der Waals surface area (Å²) in [6, 6.07) is 6.56. The second kappa shape index (κ2) is 5.75. The van der Waals surface area contributed by atoms with Crippen molar-refractivity contribution in [2.24, 2.45) is 5.92 Å². The fourth-order valence-electron chi connectivity index (χ4n) is 3.05. The molecular formula is C16H25NO. The molecule has 0 radical (unpaired) electrons. The van der Waals surface area contributed by atoms with Gasteiger partial charge in [0.1, 0.15) is 0 Å². The molecule has 1 aromatic rings. The average molecular weight is 247 g/mol. The van der Waals surface area contributed by atoms with E-state index in [4.69, 9.17) is 0 Å². The van der Waals surface area contributed by atoms with E-state index >= 15 is 0 Å². The third kappa shape index (κ3) is 3.26. The summed E-state index contributed by atoms with van der Waals surface area (Å²) in [5, 5.41) is 10.3. The third-order valence-corrected chi connectivity index (χ3v) is 4.05. The van der Waals surface area contributed by atoms with Crippen LogP contribution in [0.1, 0.15) is 36.8 Å². The van der Waals surface area contributed by atoms with E-state index in [0.717, 1.165) is 6.54 Å². The Bertz CT molecular complexity index is 376. The van der Waals surface area contributed by atoms with Crippen molar-refractivity contribution in [1.29, 1.82) is 0 Å². The molecule has 0 bridgehead atoms. The Kier molecular flexibility index (Phi) is 4.28. The molecule has 0 amide bonds. The Morgan fingerprint density at radius 2 is 1.72 bits per heavy atom. The smallest absolute Gasteiger partial charge is 0.0743 e. The van der Waals surface area contributed by atoms with Gasteiger partial charge in [-0.25, -0.2) is 0 Å². The van der Waals surface area contributed by atoms with Crippen LogP contribution in [-0.2, 0) is 0 Å². The summed E-state index contributed by atoms with van der Waals surface area (Å²) in [5.74, 6) is 0.512. The van der Waals surface area contributed by atoms with Crippen LogP contribution in [0.15, 0.2) is 18.2 Å². The highest BCUT2D eigenvalue weighted by Gasteiger charge is 2.24. The Labute approximate surface area is 111 Å². The van der Waals surface area contributed by atoms with Crippen LogP contribution in [0.25, 0.3) is 0 Å². The topological polar surface area (TPSA) is 23.5 Å². The van der Waals surface area contributed by atoms with Crippen LogP contribution in [0, 0.1) is 19.8 Å². The molecule has 1 aliphatic rings. The first-order chi connectivity index (χ1) is 8.56. The van der Waals surface area contributed by atoms with Gasteiger partial charge < -0.3 is 10.0 Å². The van der Waals surface area contributed by atoms with Crippen molar-refractivity contribution in [3.05, 3.63) is 29.3 Å². The molecule has 1 aliphatic carbocycles. The molecule has 2 nitrogen and oxygen atoms in total. The maximum absolute atomic E-state index is 10.3. The zero-order chi connectivity index (χ0) is 13.1. The zero-order valence-electron chi connectivity index (χ0n) is 11.8. The van der Waals surface area contributed by atoms with E-state index < -0.39 is 0 Å². The van der Waals surface area contributed by atoms with Crippen LogP contribution in [0.3, 0.4) is 0 Å². The van der Waals surface area contributed by atoms with Gasteiger partial charge in [0.15, 0.2) is 0 Å². The molecule has 0 aromatic heterocycles. The molecule has 2 heteroatoms. The summed E-state index contributed by atoms with van der Waals surface area (Å²) in [7, 11) is 2.08. The van der Waals surface area contributed by atoms with E-state index in [0.29, 0.717) is 5.92 Å². The van der Waals surface area contributed by atoms with E-state index in [1.54, 1.807) is 0 Å². The fraction of sp³-hybridized carbons (Fsp3) is 0.625. The molecule has 1 atom stereocenters. The van der Waals surface area contributed by atoms with Crippen molar-refractivity contribution in [3.63, 3.8) is 0 Å². The Morgan fingerprint density at radius 3 is 2.28 bits per heavy atom. The van der Waals surface area contributed by atoms with Gasteiger partial charge >= 0.3 is 0 Å². The van der Waals surface area contributed by atoms with Crippen LogP contribution in [0.4, 0.5) is 5.69 Å². The Morgan fingerprint density at radius 1 is 1.17 bits per heavy atom. The Balaban J connectivity index is 1.99. The number of aryl methyl sites for hydroxylation is 2. The van der Waals surface area contributed by atoms with Gasteiger partial charge in [-0.15, -0.1) is 0 Å². The van der Waals surface area contributed by atoms with Crippen LogP contribution < -0.4 is 4.90 Å². The number of nitrogens with zero attached hydrogens (tertiary/aromatic N) is 1. The number of aliphatic hydroxyl groups is 1. The molecule has 1 saturated carbocycles. The van der Waals surface area contributed by atoms with E-state index in [1.807, 2.05) is 0 Å². The molecule has 1 N–H and O–H groups in total. The quantitative estimate of drug-likeness (QED) is 0.882. The molecule has 0 heterocycles. The minimum atomic E-state index is -0.182. The predicted octanol–water partition coefficient (Wildman–Crippen LogP) is 3.29. The van der Waals surface area contributed by atoms with E-state index in [2.05, 4.69) is 44.0 Å². The van der Waals surface area contributed by atoms with E-state index in [-0.39, 0.29) is 6.10 Å². The first-order valence-electron chi connectivity index (χ1n) is 7.04. The third-order valence-electron chi connectivity index (χ3n) is 4.05. The van der Waals surface area contributed by atoms with Crippen molar-refractivity contribution in [2.45, 2.75) is 45.6 Å². The highest BCUT2D eigenvalue weighted by atomic mass is 16.3. The van der Waals surface area contributed by atoms with Gasteiger partial charge in [0.25, 0.3) is 0 Å². The first kappa shape index (κ1) is 13.4. The lowest BCUT2D eigenvalue weighted by Crippen LogP contribution is -2.33. The second-order valence-corrected chi connectivity index (χ2v) is 5.84. The number of benzene rings is 1. The maximum atomic E-state index is 10.3. The highest BCUT2D eigenvalue weighted by molar-refractivity contribution is 5.50. The van der Waals surface area contributed by atoms with Crippen LogP contribution in [0.5, 0.6) is 0 Å². The fourth-order valence-corrected chi connectivity index (χ4v) is 3.05. The highest BCUT2D eigenvalue weighted by Crippen LogP contribution is 2.28. The van der Waals surface area contributed by atoms with E-state index in [1.165, 1.54) is 42.5 Å². The molecular weight excluding hydrogens is 222 g/mol. The number of hydrogen-bond donors (Lipinski definition) is 1. The summed E-state index contributed by atoms with van der Waals surface area (Å²) in [6.07, 6.45) is 4.78. The van der Waals surface area contributed by atoms with Gasteiger partial charge in [0, 0.05) is 19.3 Å². The van der Waals surface area contributed by atoms with Crippen molar-refractivity contribution >= 4 is 5.69 Å². The number of rotatable bonds is 4. The number of hydrogen-bond acceptors (Lipinski definition) is 2. The summed E-state index contributed by atoms with van der Waals surface area (Å²) >= 11 is 0. The molecule has 18 heavy (non-hydrogen) atoms. The second-order valence-electron chi connectivity index (χ2n) is 5.84. The van der Waals surface area contributed by atoms with Crippen molar-refractivity contribution in [1.82, 2.24) is 0 Å². The molecule has 1 fully saturated rings. The summed E-state index contributed by atoms with van der Waals surface area (Å²) < 4.78 is 0. The summed E-state index contributed by atoms with van der Waals surface area (Å²) in [6.45, 7) is 4.99. The minimum Gasteiger partial charge on any atom is -0.391 e. The molecule has 0 aliphatic heterocycles. The van der Waals surface area contributed by atoms with Crippen LogP contribution >= 0.6 is 0 Å². The van der Waals surface area contributed by atoms with Gasteiger partial charge in [0.05, 0.1) is 6.10 Å². The minimum absolute atomic E-state index is 0.182. The zero-order valence-corrected chi connectivity index (χ0v) is 11.8. The van der Waals surface area contributed by atoms with Gasteiger partial charge in [-0.3, -0.25) is 0 Å². The molecule has 100 valence electrons. The monoisotopic (exact) mass is 247 g/mol. The van der Waals surface area contributed by atoms with Crippen molar-refractivity contribution < 1.29 is 5.11 Å². The SMILES string of the molecule is Cc1cc(C)cc(N(C)CC(O)C2CCCC2)c1. The largest absolute Gasteiger partial charge is 0.391 e. The average Bonchev–Trinajstić information content (AvgIpc) is 2.80. The van der Waals surface area contributed by atoms with Crippen LogP contribution in [0.2, 0.25) is 0 Å². The van der Waals surface area contributed by atoms with Gasteiger partial charge in [-0.1, -0.05) is 18.9 Å². The normalized spacial score (nSPS) is 18.0. The van der Waals surface area contributed by atoms with Crippen molar-refractivity contribution in [3.8, 4) is 0 Å². The molecule has 1 unspecified atom stereocenters. The maximum Gasteiger partial charge on any atom is 0.0743 e. The number of aliphatic hydroxyl groups excluding tert-OH is 1. The van der Waals surface area contributed by atoms with Gasteiger partial charge in [-0.2, -0.15) is 0 Å². The molecule has 2 rings (SSSR count). The van der Waals surface area contributed by atoms with Crippen molar-refractivity contribution in [2.75, 3.05) is 18.5 Å².